The molecule has 1 fully saturated rings. The number of halogens is 4. The predicted octanol–water partition coefficient (Wildman–Crippen LogP) is 5.41. The van der Waals surface area contributed by atoms with Crippen LogP contribution in [0.2, 0.25) is 0 Å². The molecule has 1 aliphatic carbocycles. The molecule has 0 amide bonds. The minimum atomic E-state index is -4.63. The van der Waals surface area contributed by atoms with Crippen molar-refractivity contribution in [1.29, 1.82) is 0 Å². The maximum atomic E-state index is 13.7. The average molecular weight is 418 g/mol. The summed E-state index contributed by atoms with van der Waals surface area (Å²) in [6.07, 6.45) is -2.70. The molecule has 1 aliphatic rings. The fourth-order valence-corrected chi connectivity index (χ4v) is 3.66. The third-order valence-electron chi connectivity index (χ3n) is 5.20. The number of carboxylic acid groups (broad SMARTS) is 1. The van der Waals surface area contributed by atoms with Crippen LogP contribution in [0.4, 0.5) is 17.6 Å². The van der Waals surface area contributed by atoms with Crippen LogP contribution in [0.1, 0.15) is 51.5 Å². The van der Waals surface area contributed by atoms with Crippen molar-refractivity contribution in [2.24, 2.45) is 7.05 Å². The molecule has 4 nitrogen and oxygen atoms in total. The van der Waals surface area contributed by atoms with Crippen molar-refractivity contribution >= 4 is 5.97 Å². The van der Waals surface area contributed by atoms with Gasteiger partial charge in [0.1, 0.15) is 5.82 Å². The van der Waals surface area contributed by atoms with Crippen molar-refractivity contribution in [3.8, 4) is 11.3 Å². The highest BCUT2D eigenvalue weighted by Gasteiger charge is 2.31. The topological polar surface area (TPSA) is 55.1 Å². The van der Waals surface area contributed by atoms with Gasteiger partial charge in [0.05, 0.1) is 22.5 Å². The van der Waals surface area contributed by atoms with Gasteiger partial charge in [0.25, 0.3) is 0 Å². The largest absolute Gasteiger partial charge is 0.478 e. The standard InChI is InChI=1S/C22H18F4N2O2/c1-28-20(14-4-5-18(21(29)30)19(9-14)13-2-3-13)11-17(27-28)8-12-6-15(22(24,25)26)10-16(23)7-12/h4-7,9-11,13H,2-3,8H2,1H3,(H,29,30). The number of carboxylic acids is 1. The van der Waals surface area contributed by atoms with Crippen molar-refractivity contribution in [2.45, 2.75) is 31.4 Å². The molecule has 1 N–H and O–H groups in total. The van der Waals surface area contributed by atoms with Gasteiger partial charge in [0, 0.05) is 19.0 Å². The van der Waals surface area contributed by atoms with E-state index in [-0.39, 0.29) is 23.5 Å². The third kappa shape index (κ3) is 4.08. The van der Waals surface area contributed by atoms with Gasteiger partial charge in [-0.15, -0.1) is 0 Å². The number of carbonyl (C=O) groups is 1. The highest BCUT2D eigenvalue weighted by atomic mass is 19.4. The van der Waals surface area contributed by atoms with Gasteiger partial charge in [-0.25, -0.2) is 9.18 Å². The summed E-state index contributed by atoms with van der Waals surface area (Å²) in [6.45, 7) is 0. The Hall–Kier alpha value is -3.16. The lowest BCUT2D eigenvalue weighted by Gasteiger charge is -2.08. The monoisotopic (exact) mass is 418 g/mol. The summed E-state index contributed by atoms with van der Waals surface area (Å²) in [6, 6.07) is 9.29. The number of hydrogen-bond acceptors (Lipinski definition) is 2. The van der Waals surface area contributed by atoms with Crippen molar-refractivity contribution < 1.29 is 27.5 Å². The van der Waals surface area contributed by atoms with E-state index < -0.39 is 23.5 Å². The van der Waals surface area contributed by atoms with Crippen molar-refractivity contribution in [3.05, 3.63) is 76.2 Å². The van der Waals surface area contributed by atoms with E-state index in [0.717, 1.165) is 36.1 Å². The minimum absolute atomic E-state index is 0.0391. The molecule has 0 saturated heterocycles. The fraction of sp³-hybridized carbons (Fsp3) is 0.273. The Labute approximate surface area is 169 Å². The summed E-state index contributed by atoms with van der Waals surface area (Å²) in [7, 11) is 1.70. The normalized spacial score (nSPS) is 14.2. The summed E-state index contributed by atoms with van der Waals surface area (Å²) in [5.74, 6) is -1.69. The molecule has 1 heterocycles. The van der Waals surface area contributed by atoms with Crippen LogP contribution in [0.3, 0.4) is 0 Å². The fourth-order valence-electron chi connectivity index (χ4n) is 3.66. The molecule has 0 aliphatic heterocycles. The van der Waals surface area contributed by atoms with Crippen molar-refractivity contribution in [2.75, 3.05) is 0 Å². The number of aromatic carboxylic acids is 1. The lowest BCUT2D eigenvalue weighted by molar-refractivity contribution is -0.137. The second-order valence-corrected chi connectivity index (χ2v) is 7.55. The van der Waals surface area contributed by atoms with Gasteiger partial charge in [-0.2, -0.15) is 18.3 Å². The van der Waals surface area contributed by atoms with Gasteiger partial charge >= 0.3 is 12.1 Å². The van der Waals surface area contributed by atoms with Crippen LogP contribution >= 0.6 is 0 Å². The molecular formula is C22H18F4N2O2. The van der Waals surface area contributed by atoms with Crippen LogP contribution in [0.15, 0.2) is 42.5 Å². The first-order valence-electron chi connectivity index (χ1n) is 9.39. The number of hydrogen-bond donors (Lipinski definition) is 1. The number of nitrogens with zero attached hydrogens (tertiary/aromatic N) is 2. The van der Waals surface area contributed by atoms with E-state index in [1.165, 1.54) is 0 Å². The van der Waals surface area contributed by atoms with Crippen LogP contribution in [-0.2, 0) is 19.6 Å². The van der Waals surface area contributed by atoms with Crippen LogP contribution in [0.5, 0.6) is 0 Å². The van der Waals surface area contributed by atoms with E-state index in [0.29, 0.717) is 17.5 Å². The molecule has 0 spiro atoms. The van der Waals surface area contributed by atoms with Crippen LogP contribution in [-0.4, -0.2) is 20.9 Å². The van der Waals surface area contributed by atoms with Gasteiger partial charge < -0.3 is 5.11 Å². The van der Waals surface area contributed by atoms with E-state index >= 15 is 0 Å². The number of aromatic nitrogens is 2. The highest BCUT2D eigenvalue weighted by molar-refractivity contribution is 5.90. The quantitative estimate of drug-likeness (QED) is 0.564. The summed E-state index contributed by atoms with van der Waals surface area (Å²) >= 11 is 0. The first-order chi connectivity index (χ1) is 14.1. The van der Waals surface area contributed by atoms with Gasteiger partial charge in [0.15, 0.2) is 0 Å². The van der Waals surface area contributed by atoms with Gasteiger partial charge in [0.2, 0.25) is 0 Å². The van der Waals surface area contributed by atoms with Crippen LogP contribution in [0, 0.1) is 5.82 Å². The first-order valence-corrected chi connectivity index (χ1v) is 9.39. The molecule has 0 atom stereocenters. The summed E-state index contributed by atoms with van der Waals surface area (Å²) in [4.78, 5) is 11.5. The molecule has 1 saturated carbocycles. The highest BCUT2D eigenvalue weighted by Crippen LogP contribution is 2.43. The van der Waals surface area contributed by atoms with E-state index in [9.17, 15) is 27.5 Å². The zero-order chi connectivity index (χ0) is 21.6. The summed E-state index contributed by atoms with van der Waals surface area (Å²) in [5, 5.41) is 13.7. The minimum Gasteiger partial charge on any atom is -0.478 e. The Morgan fingerprint density at radius 1 is 1.17 bits per heavy atom. The summed E-state index contributed by atoms with van der Waals surface area (Å²) < 4.78 is 54.1. The Balaban J connectivity index is 1.66. The number of rotatable bonds is 5. The number of alkyl halides is 3. The van der Waals surface area contributed by atoms with Crippen molar-refractivity contribution in [1.82, 2.24) is 9.78 Å². The maximum absolute atomic E-state index is 13.7. The van der Waals surface area contributed by atoms with Crippen molar-refractivity contribution in [3.63, 3.8) is 0 Å². The lowest BCUT2D eigenvalue weighted by atomic mass is 9.98. The SMILES string of the molecule is Cn1nc(Cc2cc(F)cc(C(F)(F)F)c2)cc1-c1ccc(C(=O)O)c(C2CC2)c1. The van der Waals surface area contributed by atoms with Gasteiger partial charge in [-0.1, -0.05) is 6.07 Å². The number of benzene rings is 2. The Morgan fingerprint density at radius 2 is 1.90 bits per heavy atom. The van der Waals surface area contributed by atoms with E-state index in [1.807, 2.05) is 6.07 Å². The smallest absolute Gasteiger partial charge is 0.416 e. The molecule has 3 aromatic rings. The zero-order valence-corrected chi connectivity index (χ0v) is 16.0. The lowest BCUT2D eigenvalue weighted by Crippen LogP contribution is -2.06. The molecule has 2 aromatic carbocycles. The molecule has 0 bridgehead atoms. The second-order valence-electron chi connectivity index (χ2n) is 7.55. The molecule has 8 heteroatoms. The van der Waals surface area contributed by atoms with E-state index in [1.54, 1.807) is 29.9 Å². The molecule has 1 aromatic heterocycles. The Morgan fingerprint density at radius 3 is 2.53 bits per heavy atom. The molecule has 4 rings (SSSR count). The Bertz CT molecular complexity index is 1130. The Kier molecular flexibility index (Phi) is 4.88. The third-order valence-corrected chi connectivity index (χ3v) is 5.20. The molecule has 0 unspecified atom stereocenters. The second kappa shape index (κ2) is 7.27. The zero-order valence-electron chi connectivity index (χ0n) is 16.0. The van der Waals surface area contributed by atoms with E-state index in [4.69, 9.17) is 0 Å². The molecule has 30 heavy (non-hydrogen) atoms. The predicted molar refractivity (Wildman–Crippen MR) is 102 cm³/mol. The molecule has 156 valence electrons. The first kappa shape index (κ1) is 20.1. The van der Waals surface area contributed by atoms with Crippen LogP contribution in [0.25, 0.3) is 11.3 Å². The van der Waals surface area contributed by atoms with Gasteiger partial charge in [-0.05, 0) is 66.3 Å². The van der Waals surface area contributed by atoms with Gasteiger partial charge in [-0.3, -0.25) is 4.68 Å². The summed E-state index contributed by atoms with van der Waals surface area (Å²) in [5.41, 5.74) is 2.17. The molecule has 0 radical (unpaired) electrons. The number of aryl methyl sites for hydroxylation is 1. The maximum Gasteiger partial charge on any atom is 0.416 e. The molecular weight excluding hydrogens is 400 g/mol. The van der Waals surface area contributed by atoms with Crippen LogP contribution < -0.4 is 0 Å². The van der Waals surface area contributed by atoms with E-state index in [2.05, 4.69) is 5.10 Å². The average Bonchev–Trinajstić information content (AvgIpc) is 3.43.